The molecule has 0 aromatic rings. The highest BCUT2D eigenvalue weighted by molar-refractivity contribution is 7.91. The molecule has 0 aliphatic carbocycles. The van der Waals surface area contributed by atoms with E-state index in [0.717, 1.165) is 26.0 Å². The van der Waals surface area contributed by atoms with Gasteiger partial charge in [0.15, 0.2) is 9.84 Å². The van der Waals surface area contributed by atoms with Crippen molar-refractivity contribution in [1.29, 1.82) is 0 Å². The van der Waals surface area contributed by atoms with Crippen LogP contribution in [0.25, 0.3) is 0 Å². The molecule has 1 heterocycles. The average molecular weight is 244 g/mol. The van der Waals surface area contributed by atoms with Gasteiger partial charge in [0.25, 0.3) is 0 Å². The first kappa shape index (κ1) is 14.2. The zero-order valence-electron chi connectivity index (χ0n) is 8.36. The van der Waals surface area contributed by atoms with Gasteiger partial charge in [-0.25, -0.2) is 8.42 Å². The zero-order chi connectivity index (χ0) is 9.73. The maximum absolute atomic E-state index is 11.1. The van der Waals surface area contributed by atoms with Crippen molar-refractivity contribution in [3.05, 3.63) is 0 Å². The minimum absolute atomic E-state index is 0. The highest BCUT2D eigenvalue weighted by atomic mass is 35.5. The fraction of sp³-hybridized carbons (Fsp3) is 1.00. The molecule has 0 bridgehead atoms. The second-order valence-corrected chi connectivity index (χ2v) is 5.63. The van der Waals surface area contributed by atoms with E-state index in [1.807, 2.05) is 0 Å². The number of rotatable bonds is 5. The molecule has 0 radical (unpaired) electrons. The Balaban J connectivity index is 0.00000169. The van der Waals surface area contributed by atoms with Gasteiger partial charge in [-0.2, -0.15) is 0 Å². The highest BCUT2D eigenvalue weighted by Crippen LogP contribution is 2.10. The summed E-state index contributed by atoms with van der Waals surface area (Å²) in [6, 6.07) is 0.168. The molecule has 86 valence electrons. The number of ether oxygens (including phenoxy) is 1. The van der Waals surface area contributed by atoms with E-state index in [4.69, 9.17) is 4.74 Å². The van der Waals surface area contributed by atoms with Gasteiger partial charge < -0.3 is 10.1 Å². The highest BCUT2D eigenvalue weighted by Gasteiger charge is 2.26. The maximum Gasteiger partial charge on any atom is 0.151 e. The topological polar surface area (TPSA) is 55.4 Å². The Labute approximate surface area is 91.7 Å². The van der Waals surface area contributed by atoms with Crippen LogP contribution in [0.15, 0.2) is 0 Å². The van der Waals surface area contributed by atoms with Crippen molar-refractivity contribution in [2.24, 2.45) is 0 Å². The quantitative estimate of drug-likeness (QED) is 0.702. The van der Waals surface area contributed by atoms with E-state index in [9.17, 15) is 8.42 Å². The molecule has 1 aliphatic heterocycles. The van der Waals surface area contributed by atoms with Gasteiger partial charge in [-0.05, 0) is 19.4 Å². The van der Waals surface area contributed by atoms with Crippen LogP contribution in [-0.4, -0.2) is 46.2 Å². The summed E-state index contributed by atoms with van der Waals surface area (Å²) in [5.74, 6) is 0.648. The van der Waals surface area contributed by atoms with Crippen LogP contribution in [0, 0.1) is 0 Å². The predicted octanol–water partition coefficient (Wildman–Crippen LogP) is 0.221. The van der Waals surface area contributed by atoms with E-state index in [-0.39, 0.29) is 18.4 Å². The molecule has 1 unspecified atom stereocenters. The Morgan fingerprint density at radius 1 is 1.50 bits per heavy atom. The Kier molecular flexibility index (Phi) is 6.68. The molecule has 6 heteroatoms. The monoisotopic (exact) mass is 243 g/mol. The van der Waals surface area contributed by atoms with Gasteiger partial charge in [-0.1, -0.05) is 0 Å². The van der Waals surface area contributed by atoms with Gasteiger partial charge >= 0.3 is 0 Å². The molecule has 1 N–H and O–H groups in total. The van der Waals surface area contributed by atoms with Gasteiger partial charge in [-0.3, -0.25) is 0 Å². The largest absolute Gasteiger partial charge is 0.385 e. The molecule has 1 fully saturated rings. The number of nitrogens with one attached hydrogen (secondary N) is 1. The summed E-state index contributed by atoms with van der Waals surface area (Å²) in [6.07, 6.45) is 1.70. The molecule has 1 aliphatic rings. The van der Waals surface area contributed by atoms with Crippen LogP contribution in [0.3, 0.4) is 0 Å². The Morgan fingerprint density at radius 2 is 2.21 bits per heavy atom. The Morgan fingerprint density at radius 3 is 2.71 bits per heavy atom. The fourth-order valence-electron chi connectivity index (χ4n) is 1.48. The molecule has 1 saturated heterocycles. The van der Waals surface area contributed by atoms with E-state index in [0.29, 0.717) is 11.5 Å². The second-order valence-electron chi connectivity index (χ2n) is 3.40. The molecular weight excluding hydrogens is 226 g/mol. The lowest BCUT2D eigenvalue weighted by molar-refractivity contribution is 0.193. The van der Waals surface area contributed by atoms with Crippen molar-refractivity contribution in [3.8, 4) is 0 Å². The van der Waals surface area contributed by atoms with Crippen molar-refractivity contribution < 1.29 is 13.2 Å². The van der Waals surface area contributed by atoms with Gasteiger partial charge in [-0.15, -0.1) is 12.4 Å². The average Bonchev–Trinajstić information content (AvgIpc) is 2.40. The van der Waals surface area contributed by atoms with E-state index in [2.05, 4.69) is 5.32 Å². The predicted molar refractivity (Wildman–Crippen MR) is 58.8 cm³/mol. The zero-order valence-corrected chi connectivity index (χ0v) is 9.99. The maximum atomic E-state index is 11.1. The molecular formula is C8H18ClNO3S. The summed E-state index contributed by atoms with van der Waals surface area (Å²) in [4.78, 5) is 0. The van der Waals surface area contributed by atoms with Crippen LogP contribution in [0.4, 0.5) is 0 Å². The van der Waals surface area contributed by atoms with Crippen molar-refractivity contribution >= 4 is 22.2 Å². The second kappa shape index (κ2) is 6.61. The number of sulfone groups is 1. The number of hydrogen-bond donors (Lipinski definition) is 1. The minimum Gasteiger partial charge on any atom is -0.385 e. The lowest BCUT2D eigenvalue weighted by Gasteiger charge is -2.09. The van der Waals surface area contributed by atoms with E-state index >= 15 is 0 Å². The SMILES string of the molecule is COCCCNC1CCS(=O)(=O)C1.Cl. The lowest BCUT2D eigenvalue weighted by atomic mass is 10.2. The Hall–Kier alpha value is 0.160. The third kappa shape index (κ3) is 5.14. The number of methoxy groups -OCH3 is 1. The lowest BCUT2D eigenvalue weighted by Crippen LogP contribution is -2.31. The van der Waals surface area contributed by atoms with Crippen LogP contribution in [0.5, 0.6) is 0 Å². The first-order valence-corrected chi connectivity index (χ1v) is 6.39. The van der Waals surface area contributed by atoms with Gasteiger partial charge in [0, 0.05) is 19.8 Å². The van der Waals surface area contributed by atoms with Crippen molar-refractivity contribution in [3.63, 3.8) is 0 Å². The summed E-state index contributed by atoms with van der Waals surface area (Å²) in [5, 5.41) is 3.21. The van der Waals surface area contributed by atoms with Crippen LogP contribution in [0.2, 0.25) is 0 Å². The first-order valence-electron chi connectivity index (χ1n) is 4.57. The smallest absolute Gasteiger partial charge is 0.151 e. The molecule has 0 aromatic heterocycles. The summed E-state index contributed by atoms with van der Waals surface area (Å²) in [6.45, 7) is 1.57. The summed E-state index contributed by atoms with van der Waals surface area (Å²) in [7, 11) is -1.07. The molecule has 1 rings (SSSR count). The van der Waals surface area contributed by atoms with Crippen LogP contribution >= 0.6 is 12.4 Å². The third-order valence-electron chi connectivity index (χ3n) is 2.19. The van der Waals surface area contributed by atoms with Crippen molar-refractivity contribution in [2.75, 3.05) is 31.8 Å². The van der Waals surface area contributed by atoms with Gasteiger partial charge in [0.05, 0.1) is 11.5 Å². The van der Waals surface area contributed by atoms with Gasteiger partial charge in [0.2, 0.25) is 0 Å². The normalized spacial score (nSPS) is 24.5. The molecule has 0 aromatic carbocycles. The van der Waals surface area contributed by atoms with Crippen LogP contribution < -0.4 is 5.32 Å². The molecule has 1 atom stereocenters. The van der Waals surface area contributed by atoms with Crippen molar-refractivity contribution in [2.45, 2.75) is 18.9 Å². The fourth-order valence-corrected chi connectivity index (χ4v) is 3.19. The van der Waals surface area contributed by atoms with E-state index in [1.165, 1.54) is 0 Å². The van der Waals surface area contributed by atoms with E-state index < -0.39 is 9.84 Å². The van der Waals surface area contributed by atoms with Crippen LogP contribution in [-0.2, 0) is 14.6 Å². The molecule has 0 spiro atoms. The standard InChI is InChI=1S/C8H17NO3S.ClH/c1-12-5-2-4-9-8-3-6-13(10,11)7-8;/h8-9H,2-7H2,1H3;1H. The summed E-state index contributed by atoms with van der Waals surface area (Å²) >= 11 is 0. The molecule has 4 nitrogen and oxygen atoms in total. The van der Waals surface area contributed by atoms with Crippen LogP contribution in [0.1, 0.15) is 12.8 Å². The van der Waals surface area contributed by atoms with Gasteiger partial charge in [0.1, 0.15) is 0 Å². The molecule has 0 saturated carbocycles. The molecule has 14 heavy (non-hydrogen) atoms. The van der Waals surface area contributed by atoms with E-state index in [1.54, 1.807) is 7.11 Å². The minimum atomic E-state index is -2.73. The summed E-state index contributed by atoms with van der Waals surface area (Å²) in [5.41, 5.74) is 0. The van der Waals surface area contributed by atoms with Crippen molar-refractivity contribution in [1.82, 2.24) is 5.32 Å². The first-order chi connectivity index (χ1) is 6.14. The Bertz CT molecular complexity index is 243. The molecule has 0 amide bonds. The number of halogens is 1. The third-order valence-corrected chi connectivity index (χ3v) is 3.96. The summed E-state index contributed by atoms with van der Waals surface area (Å²) < 4.78 is 27.0. The number of hydrogen-bond acceptors (Lipinski definition) is 4.